The molecule has 0 atom stereocenters. The van der Waals surface area contributed by atoms with E-state index in [1.807, 2.05) is 6.92 Å². The van der Waals surface area contributed by atoms with E-state index in [1.165, 1.54) is 6.42 Å². The maximum absolute atomic E-state index is 11.4. The van der Waals surface area contributed by atoms with E-state index < -0.39 is 0 Å². The number of hydrogen-bond donors (Lipinski definition) is 2. The lowest BCUT2D eigenvalue weighted by Gasteiger charge is -2.03. The van der Waals surface area contributed by atoms with Crippen LogP contribution in [0.1, 0.15) is 53.7 Å². The van der Waals surface area contributed by atoms with Crippen LogP contribution in [-0.4, -0.2) is 12.5 Å². The molecule has 0 bridgehead atoms. The van der Waals surface area contributed by atoms with Crippen LogP contribution in [0.4, 0.5) is 5.69 Å². The third-order valence-corrected chi connectivity index (χ3v) is 2.50. The van der Waals surface area contributed by atoms with Gasteiger partial charge in [-0.3, -0.25) is 4.79 Å². The van der Waals surface area contributed by atoms with Crippen molar-refractivity contribution in [3.63, 3.8) is 0 Å². The second-order valence-corrected chi connectivity index (χ2v) is 4.68. The molecule has 3 nitrogen and oxygen atoms in total. The van der Waals surface area contributed by atoms with Crippen molar-refractivity contribution >= 4 is 11.6 Å². The van der Waals surface area contributed by atoms with E-state index in [0.29, 0.717) is 17.8 Å². The van der Waals surface area contributed by atoms with Gasteiger partial charge in [-0.2, -0.15) is 0 Å². The number of amides is 1. The van der Waals surface area contributed by atoms with Crippen molar-refractivity contribution in [1.29, 1.82) is 0 Å². The lowest BCUT2D eigenvalue weighted by Crippen LogP contribution is -2.23. The highest BCUT2D eigenvalue weighted by Gasteiger charge is 2.02. The van der Waals surface area contributed by atoms with Crippen molar-refractivity contribution < 1.29 is 7.65 Å². The van der Waals surface area contributed by atoms with E-state index in [2.05, 4.69) is 26.1 Å². The molecule has 0 fully saturated rings. The van der Waals surface area contributed by atoms with E-state index in [-0.39, 0.29) is 8.76 Å². The first-order chi connectivity index (χ1) is 8.51. The van der Waals surface area contributed by atoms with Gasteiger partial charge in [0.05, 0.1) is 0 Å². The van der Waals surface area contributed by atoms with Gasteiger partial charge in [0.25, 0.3) is 5.91 Å². The molecule has 0 aliphatic rings. The maximum Gasteiger partial charge on any atom is 0.251 e. The molecule has 1 rings (SSSR count). The minimum absolute atomic E-state index is 0. The summed E-state index contributed by atoms with van der Waals surface area (Å²) < 4.78 is 0. The van der Waals surface area contributed by atoms with E-state index in [9.17, 15) is 4.79 Å². The van der Waals surface area contributed by atoms with Gasteiger partial charge in [-0.15, -0.1) is 0 Å². The van der Waals surface area contributed by atoms with Crippen molar-refractivity contribution in [2.45, 2.75) is 40.5 Å². The van der Waals surface area contributed by atoms with Crippen molar-refractivity contribution in [3.05, 3.63) is 29.8 Å². The monoisotopic (exact) mass is 254 g/mol. The quantitative estimate of drug-likeness (QED) is 0.799. The number of carbonyl (C=O) groups excluding carboxylic acids is 1. The lowest BCUT2D eigenvalue weighted by molar-refractivity contribution is 0.0953. The molecule has 0 aliphatic carbocycles. The highest BCUT2D eigenvalue weighted by molar-refractivity contribution is 5.94. The number of carbonyl (C=O) groups is 1. The molecule has 18 heavy (non-hydrogen) atoms. The zero-order valence-electron chi connectivity index (χ0n) is 12.0. The summed E-state index contributed by atoms with van der Waals surface area (Å²) in [6, 6.07) is 6.96. The third-order valence-electron chi connectivity index (χ3n) is 2.50. The van der Waals surface area contributed by atoms with Crippen LogP contribution in [0.3, 0.4) is 0 Å². The van der Waals surface area contributed by atoms with Crippen LogP contribution in [-0.2, 0) is 0 Å². The fraction of sp³-hybridized carbons (Fsp3) is 0.533. The third kappa shape index (κ3) is 7.71. The second-order valence-electron chi connectivity index (χ2n) is 4.68. The van der Waals surface area contributed by atoms with Gasteiger partial charge in [-0.1, -0.05) is 40.2 Å². The molecule has 0 saturated heterocycles. The molecule has 0 aliphatic heterocycles. The molecule has 1 amide bonds. The van der Waals surface area contributed by atoms with Crippen LogP contribution in [0, 0.1) is 5.92 Å². The first-order valence-electron chi connectivity index (χ1n) is 6.64. The van der Waals surface area contributed by atoms with Crippen molar-refractivity contribution in [2.24, 2.45) is 5.92 Å². The maximum atomic E-state index is 11.4. The van der Waals surface area contributed by atoms with Crippen LogP contribution >= 0.6 is 0 Å². The predicted molar refractivity (Wildman–Crippen MR) is 82.8 cm³/mol. The molecular formula is C15H30N2O. The standard InChI is InChI=1S/C10H14N2O.C5H12.2H2/c1-2-6-12-10(13)8-4-3-5-9(11)7-8;1-4-5(2)3;;/h3-5,7H,2,6,11H2,1H3,(H,12,13);5H,4H2,1-3H3;2*1H. The Bertz CT molecular complexity index is 357. The van der Waals surface area contributed by atoms with Gasteiger partial charge < -0.3 is 11.1 Å². The summed E-state index contributed by atoms with van der Waals surface area (Å²) in [6.45, 7) is 9.36. The minimum atomic E-state index is -0.0610. The Morgan fingerprint density at radius 2 is 2.00 bits per heavy atom. The smallest absolute Gasteiger partial charge is 0.251 e. The number of rotatable bonds is 4. The summed E-state index contributed by atoms with van der Waals surface area (Å²) in [5.74, 6) is 0.823. The van der Waals surface area contributed by atoms with Gasteiger partial charge in [0, 0.05) is 20.6 Å². The molecule has 0 saturated carbocycles. The largest absolute Gasteiger partial charge is 0.399 e. The molecule has 106 valence electrons. The van der Waals surface area contributed by atoms with Crippen molar-refractivity contribution in [1.82, 2.24) is 5.32 Å². The molecule has 0 spiro atoms. The van der Waals surface area contributed by atoms with Gasteiger partial charge in [-0.05, 0) is 30.5 Å². The molecule has 0 aromatic heterocycles. The molecule has 3 N–H and O–H groups in total. The van der Waals surface area contributed by atoms with Gasteiger partial charge in [0.15, 0.2) is 0 Å². The van der Waals surface area contributed by atoms with E-state index in [1.54, 1.807) is 24.3 Å². The number of nitrogens with one attached hydrogen (secondary N) is 1. The van der Waals surface area contributed by atoms with Gasteiger partial charge in [0.2, 0.25) is 0 Å². The first-order valence-corrected chi connectivity index (χ1v) is 6.64. The predicted octanol–water partition coefficient (Wildman–Crippen LogP) is 3.95. The Balaban J connectivity index is -0.000000361. The number of benzene rings is 1. The Labute approximate surface area is 114 Å². The summed E-state index contributed by atoms with van der Waals surface area (Å²) >= 11 is 0. The van der Waals surface area contributed by atoms with E-state index in [4.69, 9.17) is 5.73 Å². The Kier molecular flexibility index (Phi) is 8.71. The van der Waals surface area contributed by atoms with E-state index in [0.717, 1.165) is 12.3 Å². The molecular weight excluding hydrogens is 224 g/mol. The zero-order chi connectivity index (χ0) is 14.0. The summed E-state index contributed by atoms with van der Waals surface area (Å²) in [5.41, 5.74) is 6.78. The Hall–Kier alpha value is -1.51. The van der Waals surface area contributed by atoms with Gasteiger partial charge in [-0.25, -0.2) is 0 Å². The highest BCUT2D eigenvalue weighted by atomic mass is 16.1. The Morgan fingerprint density at radius 1 is 1.39 bits per heavy atom. The van der Waals surface area contributed by atoms with Crippen LogP contribution in [0.2, 0.25) is 0 Å². The van der Waals surface area contributed by atoms with Gasteiger partial charge >= 0.3 is 0 Å². The molecule has 0 unspecified atom stereocenters. The molecule has 1 aromatic rings. The SMILES string of the molecule is CCC(C)C.CCCNC(=O)c1cccc(N)c1.[HH].[HH]. The molecule has 0 radical (unpaired) electrons. The highest BCUT2D eigenvalue weighted by Crippen LogP contribution is 2.05. The van der Waals surface area contributed by atoms with Crippen LogP contribution in [0.15, 0.2) is 24.3 Å². The minimum Gasteiger partial charge on any atom is -0.399 e. The topological polar surface area (TPSA) is 55.1 Å². The lowest BCUT2D eigenvalue weighted by atomic mass is 10.2. The zero-order valence-corrected chi connectivity index (χ0v) is 12.0. The molecule has 3 heteroatoms. The van der Waals surface area contributed by atoms with Crippen LogP contribution < -0.4 is 11.1 Å². The van der Waals surface area contributed by atoms with Gasteiger partial charge in [0.1, 0.15) is 0 Å². The summed E-state index contributed by atoms with van der Waals surface area (Å²) in [5, 5.41) is 2.78. The van der Waals surface area contributed by atoms with Crippen molar-refractivity contribution in [3.8, 4) is 0 Å². The number of nitrogen functional groups attached to an aromatic ring is 1. The van der Waals surface area contributed by atoms with E-state index >= 15 is 0 Å². The average molecular weight is 254 g/mol. The normalized spacial score (nSPS) is 9.61. The fourth-order valence-corrected chi connectivity index (χ4v) is 1.02. The van der Waals surface area contributed by atoms with Crippen LogP contribution in [0.5, 0.6) is 0 Å². The Morgan fingerprint density at radius 3 is 2.44 bits per heavy atom. The molecule has 1 aromatic carbocycles. The van der Waals surface area contributed by atoms with Crippen LogP contribution in [0.25, 0.3) is 0 Å². The van der Waals surface area contributed by atoms with Crippen molar-refractivity contribution in [2.75, 3.05) is 12.3 Å². The summed E-state index contributed by atoms with van der Waals surface area (Å²) in [4.78, 5) is 11.4. The number of anilines is 1. The summed E-state index contributed by atoms with van der Waals surface area (Å²) in [7, 11) is 0. The number of nitrogens with two attached hydrogens (primary N) is 1. The summed E-state index contributed by atoms with van der Waals surface area (Å²) in [6.07, 6.45) is 2.24. The fourth-order valence-electron chi connectivity index (χ4n) is 1.02. The average Bonchev–Trinajstić information content (AvgIpc) is 2.36. The second kappa shape index (κ2) is 9.51. The first kappa shape index (κ1) is 16.5. The molecule has 0 heterocycles. The number of hydrogen-bond acceptors (Lipinski definition) is 2.